The fraction of sp³-hybridized carbons (Fsp3) is 0.318. The van der Waals surface area contributed by atoms with Crippen molar-refractivity contribution >= 4 is 11.6 Å². The predicted molar refractivity (Wildman–Crippen MR) is 113 cm³/mol. The van der Waals surface area contributed by atoms with E-state index in [1.807, 2.05) is 44.2 Å². The number of amides is 1. The molecule has 1 aromatic heterocycles. The summed E-state index contributed by atoms with van der Waals surface area (Å²) in [5, 5.41) is 14.8. The summed E-state index contributed by atoms with van der Waals surface area (Å²) < 4.78 is 10.8. The summed E-state index contributed by atoms with van der Waals surface area (Å²) in [6.45, 7) is 4.60. The average molecular weight is 424 g/mol. The first-order valence-corrected chi connectivity index (χ1v) is 9.92. The SMILES string of the molecule is CC(C)N(CCc1nc(-c2cccc([N+](=O)[O-])c2)no1)C(=O)COCc1ccccc1. The molecule has 0 N–H and O–H groups in total. The van der Waals surface area contributed by atoms with E-state index in [0.29, 0.717) is 31.0 Å². The monoisotopic (exact) mass is 424 g/mol. The van der Waals surface area contributed by atoms with Gasteiger partial charge in [0.2, 0.25) is 17.6 Å². The van der Waals surface area contributed by atoms with Crippen LogP contribution in [0.3, 0.4) is 0 Å². The number of nitrogens with zero attached hydrogens (tertiary/aromatic N) is 4. The first kappa shape index (κ1) is 22.1. The molecule has 0 aliphatic rings. The second-order valence-corrected chi connectivity index (χ2v) is 7.23. The molecule has 3 rings (SSSR count). The molecule has 0 bridgehead atoms. The minimum Gasteiger partial charge on any atom is -0.367 e. The van der Waals surface area contributed by atoms with Gasteiger partial charge in [0.1, 0.15) is 6.61 Å². The Morgan fingerprint density at radius 1 is 1.19 bits per heavy atom. The third-order valence-electron chi connectivity index (χ3n) is 4.63. The summed E-state index contributed by atoms with van der Waals surface area (Å²) in [5.41, 5.74) is 1.46. The van der Waals surface area contributed by atoms with Gasteiger partial charge in [-0.25, -0.2) is 0 Å². The molecule has 0 fully saturated rings. The van der Waals surface area contributed by atoms with E-state index in [9.17, 15) is 14.9 Å². The first-order valence-electron chi connectivity index (χ1n) is 9.92. The molecule has 9 nitrogen and oxygen atoms in total. The van der Waals surface area contributed by atoms with Gasteiger partial charge in [-0.15, -0.1) is 0 Å². The molecule has 31 heavy (non-hydrogen) atoms. The Hall–Kier alpha value is -3.59. The van der Waals surface area contributed by atoms with Gasteiger partial charge in [-0.05, 0) is 19.4 Å². The molecule has 1 heterocycles. The largest absolute Gasteiger partial charge is 0.367 e. The third-order valence-corrected chi connectivity index (χ3v) is 4.63. The minimum absolute atomic E-state index is 0.0180. The zero-order valence-corrected chi connectivity index (χ0v) is 17.4. The van der Waals surface area contributed by atoms with Crippen LogP contribution >= 0.6 is 0 Å². The maximum atomic E-state index is 12.6. The number of ether oxygens (including phenoxy) is 1. The summed E-state index contributed by atoms with van der Waals surface area (Å²) in [7, 11) is 0. The molecule has 162 valence electrons. The van der Waals surface area contributed by atoms with E-state index < -0.39 is 4.92 Å². The van der Waals surface area contributed by atoms with Crippen molar-refractivity contribution in [3.8, 4) is 11.4 Å². The number of benzene rings is 2. The normalized spacial score (nSPS) is 10.9. The maximum absolute atomic E-state index is 12.6. The zero-order chi connectivity index (χ0) is 22.2. The van der Waals surface area contributed by atoms with Crippen LogP contribution in [0.15, 0.2) is 59.1 Å². The molecule has 9 heteroatoms. The summed E-state index contributed by atoms with van der Waals surface area (Å²) in [6, 6.07) is 15.7. The lowest BCUT2D eigenvalue weighted by Crippen LogP contribution is -2.40. The van der Waals surface area contributed by atoms with Crippen LogP contribution in [0, 0.1) is 10.1 Å². The summed E-state index contributed by atoms with van der Waals surface area (Å²) in [6.07, 6.45) is 0.366. The number of aromatic nitrogens is 2. The number of hydrogen-bond acceptors (Lipinski definition) is 7. The molecule has 0 saturated heterocycles. The van der Waals surface area contributed by atoms with E-state index in [2.05, 4.69) is 10.1 Å². The number of hydrogen-bond donors (Lipinski definition) is 0. The van der Waals surface area contributed by atoms with Gasteiger partial charge in [-0.1, -0.05) is 47.6 Å². The van der Waals surface area contributed by atoms with Crippen LogP contribution in [-0.4, -0.2) is 45.1 Å². The van der Waals surface area contributed by atoms with E-state index in [1.165, 1.54) is 12.1 Å². The van der Waals surface area contributed by atoms with Crippen molar-refractivity contribution in [2.24, 2.45) is 0 Å². The van der Waals surface area contributed by atoms with E-state index in [0.717, 1.165) is 5.56 Å². The lowest BCUT2D eigenvalue weighted by atomic mass is 10.2. The Labute approximate surface area is 179 Å². The highest BCUT2D eigenvalue weighted by Gasteiger charge is 2.19. The second-order valence-electron chi connectivity index (χ2n) is 7.23. The van der Waals surface area contributed by atoms with Crippen LogP contribution in [-0.2, 0) is 22.6 Å². The Morgan fingerprint density at radius 3 is 2.68 bits per heavy atom. The van der Waals surface area contributed by atoms with Crippen molar-refractivity contribution < 1.29 is 19.0 Å². The topological polar surface area (TPSA) is 112 Å². The van der Waals surface area contributed by atoms with Crippen molar-refractivity contribution in [2.45, 2.75) is 32.9 Å². The van der Waals surface area contributed by atoms with Crippen molar-refractivity contribution in [1.29, 1.82) is 0 Å². The van der Waals surface area contributed by atoms with E-state index in [1.54, 1.807) is 17.0 Å². The van der Waals surface area contributed by atoms with Crippen molar-refractivity contribution in [2.75, 3.05) is 13.2 Å². The van der Waals surface area contributed by atoms with Gasteiger partial charge in [-0.3, -0.25) is 14.9 Å². The Morgan fingerprint density at radius 2 is 1.97 bits per heavy atom. The fourth-order valence-corrected chi connectivity index (χ4v) is 3.03. The Balaban J connectivity index is 1.56. The molecule has 3 aromatic rings. The van der Waals surface area contributed by atoms with E-state index >= 15 is 0 Å². The quantitative estimate of drug-likeness (QED) is 0.361. The number of carbonyl (C=O) groups excluding carboxylic acids is 1. The number of nitro benzene ring substituents is 1. The van der Waals surface area contributed by atoms with Gasteiger partial charge in [0.05, 0.1) is 11.5 Å². The highest BCUT2D eigenvalue weighted by molar-refractivity contribution is 5.77. The smallest absolute Gasteiger partial charge is 0.270 e. The van der Waals surface area contributed by atoms with Crippen molar-refractivity contribution in [3.63, 3.8) is 0 Å². The van der Waals surface area contributed by atoms with Crippen LogP contribution < -0.4 is 0 Å². The second kappa shape index (κ2) is 10.4. The highest BCUT2D eigenvalue weighted by Crippen LogP contribution is 2.21. The maximum Gasteiger partial charge on any atom is 0.270 e. The van der Waals surface area contributed by atoms with Crippen molar-refractivity contribution in [3.05, 3.63) is 76.2 Å². The molecule has 0 aliphatic heterocycles. The molecule has 0 aliphatic carbocycles. The molecule has 0 saturated carbocycles. The lowest BCUT2D eigenvalue weighted by Gasteiger charge is -2.26. The van der Waals surface area contributed by atoms with Crippen LogP contribution in [0.5, 0.6) is 0 Å². The fourth-order valence-electron chi connectivity index (χ4n) is 3.03. The van der Waals surface area contributed by atoms with E-state index in [-0.39, 0.29) is 30.1 Å². The van der Waals surface area contributed by atoms with Crippen LogP contribution in [0.2, 0.25) is 0 Å². The van der Waals surface area contributed by atoms with Gasteiger partial charge in [0.15, 0.2) is 0 Å². The standard InChI is InChI=1S/C22H24N4O5/c1-16(2)25(21(27)15-30-14-17-7-4-3-5-8-17)12-11-20-23-22(24-31-20)18-9-6-10-19(13-18)26(28)29/h3-10,13,16H,11-12,14-15H2,1-2H3. The summed E-state index contributed by atoms with van der Waals surface area (Å²) in [5.74, 6) is 0.502. The van der Waals surface area contributed by atoms with Gasteiger partial charge in [-0.2, -0.15) is 4.98 Å². The van der Waals surface area contributed by atoms with Gasteiger partial charge in [0, 0.05) is 36.7 Å². The Kier molecular flexibility index (Phi) is 7.45. The molecule has 0 unspecified atom stereocenters. The van der Waals surface area contributed by atoms with Crippen LogP contribution in [0.4, 0.5) is 5.69 Å². The average Bonchev–Trinajstić information content (AvgIpc) is 3.23. The number of rotatable bonds is 10. The van der Waals surface area contributed by atoms with Gasteiger partial charge < -0.3 is 14.2 Å². The summed E-state index contributed by atoms with van der Waals surface area (Å²) >= 11 is 0. The number of nitro groups is 1. The summed E-state index contributed by atoms with van der Waals surface area (Å²) in [4.78, 5) is 29.1. The number of non-ortho nitro benzene ring substituents is 1. The Bertz CT molecular complexity index is 1020. The van der Waals surface area contributed by atoms with Crippen LogP contribution in [0.25, 0.3) is 11.4 Å². The van der Waals surface area contributed by atoms with E-state index in [4.69, 9.17) is 9.26 Å². The molecule has 0 atom stereocenters. The molecule has 1 amide bonds. The van der Waals surface area contributed by atoms with Crippen LogP contribution in [0.1, 0.15) is 25.3 Å². The minimum atomic E-state index is -0.476. The predicted octanol–water partition coefficient (Wildman–Crippen LogP) is 3.64. The first-order chi connectivity index (χ1) is 14.9. The van der Waals surface area contributed by atoms with Gasteiger partial charge >= 0.3 is 0 Å². The van der Waals surface area contributed by atoms with Crippen molar-refractivity contribution in [1.82, 2.24) is 15.0 Å². The highest BCUT2D eigenvalue weighted by atomic mass is 16.6. The molecular weight excluding hydrogens is 400 g/mol. The molecule has 2 aromatic carbocycles. The zero-order valence-electron chi connectivity index (χ0n) is 17.4. The van der Waals surface area contributed by atoms with Gasteiger partial charge in [0.25, 0.3) is 5.69 Å². The third kappa shape index (κ3) is 6.19. The molecule has 0 spiro atoms. The molecule has 0 radical (unpaired) electrons. The number of carbonyl (C=O) groups is 1. The lowest BCUT2D eigenvalue weighted by molar-refractivity contribution is -0.384. The molecular formula is C22H24N4O5.